The van der Waals surface area contributed by atoms with E-state index in [1.165, 1.54) is 12.1 Å². The van der Waals surface area contributed by atoms with Crippen molar-refractivity contribution in [2.45, 2.75) is 59.1 Å². The largest absolute Gasteiger partial charge is 0.383 e. The molecule has 1 aliphatic rings. The molecule has 1 aromatic carbocycles. The van der Waals surface area contributed by atoms with Gasteiger partial charge in [-0.25, -0.2) is 13.9 Å². The highest BCUT2D eigenvalue weighted by Crippen LogP contribution is 2.26. The Bertz CT molecular complexity index is 1250. The van der Waals surface area contributed by atoms with E-state index in [0.29, 0.717) is 37.4 Å². The second-order valence-corrected chi connectivity index (χ2v) is 10.3. The third-order valence-electron chi connectivity index (χ3n) is 6.61. The third-order valence-corrected chi connectivity index (χ3v) is 6.61. The molecular weight excluding hydrogens is 461 g/mol. The molecule has 2 atom stereocenters. The van der Waals surface area contributed by atoms with Crippen LogP contribution in [0.25, 0.3) is 16.9 Å². The monoisotopic (exact) mass is 495 g/mol. The van der Waals surface area contributed by atoms with Gasteiger partial charge < -0.3 is 14.9 Å². The van der Waals surface area contributed by atoms with Gasteiger partial charge in [0.05, 0.1) is 11.9 Å². The van der Waals surface area contributed by atoms with Crippen molar-refractivity contribution in [2.75, 3.05) is 19.6 Å². The van der Waals surface area contributed by atoms with Crippen LogP contribution in [0.1, 0.15) is 63.0 Å². The summed E-state index contributed by atoms with van der Waals surface area (Å²) in [7, 11) is 0. The first-order chi connectivity index (χ1) is 17.0. The van der Waals surface area contributed by atoms with Gasteiger partial charge in [-0.1, -0.05) is 27.7 Å². The molecule has 0 saturated carbocycles. The molecule has 2 aromatic heterocycles. The number of aliphatic hydroxyl groups excluding tert-OH is 1. The van der Waals surface area contributed by atoms with Gasteiger partial charge in [0.15, 0.2) is 5.65 Å². The summed E-state index contributed by atoms with van der Waals surface area (Å²) in [5, 5.41) is 14.9. The van der Waals surface area contributed by atoms with Crippen LogP contribution in [0.5, 0.6) is 0 Å². The summed E-state index contributed by atoms with van der Waals surface area (Å²) in [6, 6.07) is 7.86. The van der Waals surface area contributed by atoms with Crippen molar-refractivity contribution in [1.82, 2.24) is 24.4 Å². The Labute approximate surface area is 210 Å². The Kier molecular flexibility index (Phi) is 7.40. The van der Waals surface area contributed by atoms with Crippen LogP contribution in [0.15, 0.2) is 36.5 Å². The molecule has 0 aliphatic carbocycles. The average molecular weight is 496 g/mol. The first-order valence-corrected chi connectivity index (χ1v) is 12.5. The average Bonchev–Trinajstić information content (AvgIpc) is 3.26. The summed E-state index contributed by atoms with van der Waals surface area (Å²) in [6.07, 6.45) is 1.02. The van der Waals surface area contributed by atoms with Crippen LogP contribution in [0.3, 0.4) is 0 Å². The lowest BCUT2D eigenvalue weighted by Gasteiger charge is -2.40. The van der Waals surface area contributed by atoms with Crippen molar-refractivity contribution in [1.29, 1.82) is 0 Å². The molecule has 3 heterocycles. The number of fused-ring (bicyclic) bond motifs is 1. The van der Waals surface area contributed by atoms with Gasteiger partial charge in [-0.05, 0) is 55.5 Å². The molecule has 1 fully saturated rings. The number of nitrogens with zero attached hydrogens (tertiary/aromatic N) is 5. The van der Waals surface area contributed by atoms with E-state index in [0.717, 1.165) is 11.1 Å². The number of hydrogen-bond acceptors (Lipinski definition) is 5. The van der Waals surface area contributed by atoms with E-state index in [4.69, 9.17) is 0 Å². The van der Waals surface area contributed by atoms with Crippen LogP contribution in [-0.2, 0) is 4.79 Å². The molecule has 2 amide bonds. The maximum Gasteiger partial charge on any atom is 0.274 e. The van der Waals surface area contributed by atoms with Crippen LogP contribution in [0, 0.1) is 11.7 Å². The minimum Gasteiger partial charge on any atom is -0.383 e. The van der Waals surface area contributed by atoms with E-state index in [9.17, 15) is 19.1 Å². The fourth-order valence-corrected chi connectivity index (χ4v) is 4.66. The summed E-state index contributed by atoms with van der Waals surface area (Å²) in [5.74, 6) is -0.475. The number of benzene rings is 1. The fourth-order valence-electron chi connectivity index (χ4n) is 4.66. The maximum atomic E-state index is 13.4. The number of amides is 2. The number of aromatic nitrogens is 3. The Hall–Kier alpha value is -3.33. The van der Waals surface area contributed by atoms with Crippen molar-refractivity contribution in [3.63, 3.8) is 0 Å². The molecule has 1 unspecified atom stereocenters. The van der Waals surface area contributed by atoms with Crippen LogP contribution < -0.4 is 0 Å². The molecule has 9 heteroatoms. The topological polar surface area (TPSA) is 91.0 Å². The second kappa shape index (κ2) is 10.3. The number of carbonyl (C=O) groups excluding carboxylic acids is 2. The van der Waals surface area contributed by atoms with Gasteiger partial charge in [0.2, 0.25) is 0 Å². The smallest absolute Gasteiger partial charge is 0.274 e. The molecule has 4 rings (SSSR count). The Balaban J connectivity index is 1.56. The molecule has 1 saturated heterocycles. The molecule has 192 valence electrons. The van der Waals surface area contributed by atoms with Crippen molar-refractivity contribution < 1.29 is 19.1 Å². The maximum absolute atomic E-state index is 13.4. The van der Waals surface area contributed by atoms with Crippen molar-refractivity contribution >= 4 is 17.5 Å². The number of hydrogen-bond donors (Lipinski definition) is 1. The molecule has 1 N–H and O–H groups in total. The van der Waals surface area contributed by atoms with Gasteiger partial charge >= 0.3 is 0 Å². The zero-order valence-electron chi connectivity index (χ0n) is 21.5. The van der Waals surface area contributed by atoms with Gasteiger partial charge in [-0.3, -0.25) is 9.59 Å². The zero-order chi connectivity index (χ0) is 26.1. The lowest BCUT2D eigenvalue weighted by Crippen LogP contribution is -2.57. The lowest BCUT2D eigenvalue weighted by molar-refractivity contribution is -0.145. The minimum atomic E-state index is -1.02. The number of aliphatic hydroxyl groups is 1. The summed E-state index contributed by atoms with van der Waals surface area (Å²) in [4.78, 5) is 34.1. The van der Waals surface area contributed by atoms with Crippen LogP contribution in [0.2, 0.25) is 0 Å². The summed E-state index contributed by atoms with van der Waals surface area (Å²) in [5.41, 5.74) is 3.27. The van der Waals surface area contributed by atoms with Crippen molar-refractivity contribution in [3.05, 3.63) is 53.6 Å². The fraction of sp³-hybridized carbons (Fsp3) is 0.481. The first kappa shape index (κ1) is 25.8. The molecule has 0 spiro atoms. The quantitative estimate of drug-likeness (QED) is 0.563. The number of rotatable bonds is 6. The van der Waals surface area contributed by atoms with Gasteiger partial charge in [-0.2, -0.15) is 5.10 Å². The van der Waals surface area contributed by atoms with E-state index in [1.807, 2.05) is 40.7 Å². The van der Waals surface area contributed by atoms with E-state index in [-0.39, 0.29) is 41.2 Å². The Morgan fingerprint density at radius 3 is 2.44 bits per heavy atom. The highest BCUT2D eigenvalue weighted by atomic mass is 19.1. The Morgan fingerprint density at radius 1 is 1.14 bits per heavy atom. The number of piperazine rings is 1. The van der Waals surface area contributed by atoms with E-state index in [1.54, 1.807) is 32.6 Å². The minimum absolute atomic E-state index is 0.131. The zero-order valence-corrected chi connectivity index (χ0v) is 21.5. The van der Waals surface area contributed by atoms with Crippen LogP contribution in [-0.4, -0.2) is 73.1 Å². The first-order valence-electron chi connectivity index (χ1n) is 12.5. The highest BCUT2D eigenvalue weighted by molar-refractivity contribution is 5.93. The SMILES string of the molecule is CC(C)CC(O)C(=O)N1CCN(C(=O)c2cn3nc(-c4ccc(F)cc4)cc(C(C)C)c3n2)C[C@@H]1C. The van der Waals surface area contributed by atoms with E-state index in [2.05, 4.69) is 10.1 Å². The third kappa shape index (κ3) is 5.26. The van der Waals surface area contributed by atoms with Gasteiger partial charge in [0.25, 0.3) is 11.8 Å². The molecule has 0 radical (unpaired) electrons. The van der Waals surface area contributed by atoms with E-state index >= 15 is 0 Å². The van der Waals surface area contributed by atoms with Crippen LogP contribution >= 0.6 is 0 Å². The molecule has 36 heavy (non-hydrogen) atoms. The van der Waals surface area contributed by atoms with Crippen molar-refractivity contribution in [3.8, 4) is 11.3 Å². The molecule has 8 nitrogen and oxygen atoms in total. The lowest BCUT2D eigenvalue weighted by atomic mass is 10.0. The number of carbonyl (C=O) groups is 2. The number of imidazole rings is 1. The summed E-state index contributed by atoms with van der Waals surface area (Å²) in [6.45, 7) is 11.0. The summed E-state index contributed by atoms with van der Waals surface area (Å²) < 4.78 is 15.0. The standard InChI is InChI=1S/C27H34FN5O3/c1-16(2)12-24(34)27(36)32-11-10-31(14-18(32)5)26(35)23-15-33-25(29-23)21(17(3)4)13-22(30-33)19-6-8-20(28)9-7-19/h6-9,13,15-18,24,34H,10-12,14H2,1-5H3/t18-,24?/m0/s1. The number of halogens is 1. The Morgan fingerprint density at radius 2 is 1.83 bits per heavy atom. The van der Waals surface area contributed by atoms with Gasteiger partial charge in [0.1, 0.15) is 17.6 Å². The molecular formula is C27H34FN5O3. The summed E-state index contributed by atoms with van der Waals surface area (Å²) >= 11 is 0. The molecule has 0 bridgehead atoms. The van der Waals surface area contributed by atoms with E-state index < -0.39 is 6.10 Å². The van der Waals surface area contributed by atoms with Crippen LogP contribution in [0.4, 0.5) is 4.39 Å². The second-order valence-electron chi connectivity index (χ2n) is 10.3. The van der Waals surface area contributed by atoms with Gasteiger partial charge in [-0.15, -0.1) is 0 Å². The normalized spacial score (nSPS) is 17.3. The predicted octanol–water partition coefficient (Wildman–Crippen LogP) is 3.74. The molecule has 1 aliphatic heterocycles. The molecule has 3 aromatic rings. The predicted molar refractivity (Wildman–Crippen MR) is 135 cm³/mol. The highest BCUT2D eigenvalue weighted by Gasteiger charge is 2.34. The van der Waals surface area contributed by atoms with Crippen molar-refractivity contribution in [2.24, 2.45) is 5.92 Å². The van der Waals surface area contributed by atoms with Gasteiger partial charge in [0, 0.05) is 36.8 Å².